The van der Waals surface area contributed by atoms with Gasteiger partial charge in [-0.2, -0.15) is 5.26 Å². The van der Waals surface area contributed by atoms with E-state index < -0.39 is 0 Å². The summed E-state index contributed by atoms with van der Waals surface area (Å²) in [6, 6.07) is 19.0. The van der Waals surface area contributed by atoms with E-state index in [9.17, 15) is 4.79 Å². The topological polar surface area (TPSA) is 52.9 Å². The second-order valence-electron chi connectivity index (χ2n) is 4.67. The average molecular weight is 276 g/mol. The summed E-state index contributed by atoms with van der Waals surface area (Å²) in [6.07, 6.45) is 3.11. The molecule has 2 rings (SSSR count). The fourth-order valence-corrected chi connectivity index (χ4v) is 2.00. The van der Waals surface area contributed by atoms with E-state index in [1.165, 1.54) is 6.08 Å². The van der Waals surface area contributed by atoms with Crippen molar-refractivity contribution >= 4 is 12.0 Å². The molecule has 1 N–H and O–H groups in total. The largest absolute Gasteiger partial charge is 0.346 e. The molecule has 0 aliphatic heterocycles. The Hall–Kier alpha value is -2.86. The average Bonchev–Trinajstić information content (AvgIpc) is 2.54. The first kappa shape index (κ1) is 14.5. The van der Waals surface area contributed by atoms with Gasteiger partial charge >= 0.3 is 0 Å². The van der Waals surface area contributed by atoms with Crippen molar-refractivity contribution < 1.29 is 4.79 Å². The van der Waals surface area contributed by atoms with Crippen LogP contribution in [0.1, 0.15) is 29.7 Å². The van der Waals surface area contributed by atoms with Gasteiger partial charge in [-0.25, -0.2) is 0 Å². The third-order valence-corrected chi connectivity index (χ3v) is 3.15. The van der Waals surface area contributed by atoms with Crippen molar-refractivity contribution in [1.29, 1.82) is 5.26 Å². The molecule has 0 aromatic heterocycles. The molecule has 3 heteroatoms. The number of carbonyl (C=O) groups is 1. The van der Waals surface area contributed by atoms with Gasteiger partial charge in [0.1, 0.15) is 0 Å². The van der Waals surface area contributed by atoms with E-state index in [0.717, 1.165) is 11.1 Å². The number of hydrogen-bond donors (Lipinski definition) is 1. The number of nitrogens with one attached hydrogen (secondary N) is 1. The van der Waals surface area contributed by atoms with Gasteiger partial charge in [0.05, 0.1) is 17.7 Å². The molecule has 1 atom stereocenters. The van der Waals surface area contributed by atoms with E-state index >= 15 is 0 Å². The van der Waals surface area contributed by atoms with Gasteiger partial charge in [0.2, 0.25) is 5.91 Å². The van der Waals surface area contributed by atoms with Crippen molar-refractivity contribution in [2.75, 3.05) is 0 Å². The quantitative estimate of drug-likeness (QED) is 0.870. The Morgan fingerprint density at radius 3 is 2.52 bits per heavy atom. The number of amides is 1. The summed E-state index contributed by atoms with van der Waals surface area (Å²) >= 11 is 0. The Balaban J connectivity index is 2.02. The lowest BCUT2D eigenvalue weighted by atomic mass is 10.1. The Bertz CT molecular complexity index is 684. The zero-order valence-corrected chi connectivity index (χ0v) is 11.8. The van der Waals surface area contributed by atoms with Gasteiger partial charge < -0.3 is 5.32 Å². The summed E-state index contributed by atoms with van der Waals surface area (Å²) in [5.74, 6) is -0.181. The molecule has 0 spiro atoms. The van der Waals surface area contributed by atoms with E-state index in [2.05, 4.69) is 11.4 Å². The smallest absolute Gasteiger partial charge is 0.244 e. The van der Waals surface area contributed by atoms with Gasteiger partial charge in [-0.3, -0.25) is 4.79 Å². The summed E-state index contributed by atoms with van der Waals surface area (Å²) in [7, 11) is 0. The third kappa shape index (κ3) is 4.05. The Labute approximate surface area is 124 Å². The molecule has 2 aromatic carbocycles. The van der Waals surface area contributed by atoms with Crippen LogP contribution < -0.4 is 5.32 Å². The van der Waals surface area contributed by atoms with Gasteiger partial charge in [-0.05, 0) is 30.2 Å². The maximum atomic E-state index is 11.9. The highest BCUT2D eigenvalue weighted by molar-refractivity contribution is 5.92. The molecule has 104 valence electrons. The zero-order chi connectivity index (χ0) is 15.1. The monoisotopic (exact) mass is 276 g/mol. The third-order valence-electron chi connectivity index (χ3n) is 3.15. The van der Waals surface area contributed by atoms with E-state index in [-0.39, 0.29) is 11.9 Å². The molecule has 0 radical (unpaired) electrons. The lowest BCUT2D eigenvalue weighted by Gasteiger charge is -2.12. The second kappa shape index (κ2) is 7.06. The van der Waals surface area contributed by atoms with Crippen LogP contribution >= 0.6 is 0 Å². The normalized spacial score (nSPS) is 11.8. The second-order valence-corrected chi connectivity index (χ2v) is 4.67. The van der Waals surface area contributed by atoms with E-state index in [0.29, 0.717) is 5.56 Å². The highest BCUT2D eigenvalue weighted by Gasteiger charge is 2.06. The van der Waals surface area contributed by atoms with Crippen molar-refractivity contribution in [3.63, 3.8) is 0 Å². The minimum Gasteiger partial charge on any atom is -0.346 e. The lowest BCUT2D eigenvalue weighted by Crippen LogP contribution is -2.24. The number of nitriles is 1. The predicted octanol–water partition coefficient (Wildman–Crippen LogP) is 3.45. The number of benzene rings is 2. The molecule has 0 bridgehead atoms. The molecule has 0 aliphatic carbocycles. The summed E-state index contributed by atoms with van der Waals surface area (Å²) in [5, 5.41) is 11.9. The highest BCUT2D eigenvalue weighted by atomic mass is 16.1. The number of hydrogen-bond acceptors (Lipinski definition) is 2. The van der Waals surface area contributed by atoms with Gasteiger partial charge in [-0.1, -0.05) is 48.5 Å². The van der Waals surface area contributed by atoms with Crippen molar-refractivity contribution in [2.45, 2.75) is 13.0 Å². The van der Waals surface area contributed by atoms with Crippen LogP contribution in [0.3, 0.4) is 0 Å². The number of rotatable bonds is 4. The van der Waals surface area contributed by atoms with Gasteiger partial charge in [-0.15, -0.1) is 0 Å². The molecule has 0 aliphatic rings. The molecule has 21 heavy (non-hydrogen) atoms. The van der Waals surface area contributed by atoms with Crippen LogP contribution in [0.15, 0.2) is 60.7 Å². The summed E-state index contributed by atoms with van der Waals surface area (Å²) in [4.78, 5) is 11.9. The van der Waals surface area contributed by atoms with Crippen LogP contribution in [0.2, 0.25) is 0 Å². The van der Waals surface area contributed by atoms with Crippen LogP contribution in [-0.4, -0.2) is 5.91 Å². The standard InChI is InChI=1S/C18H16N2O/c1-14(15-7-3-2-4-8-15)20-18(21)12-11-16-9-5-6-10-17(16)13-19/h2-12,14H,1H3,(H,20,21)/b12-11+/t14-/m1/s1. The molecular weight excluding hydrogens is 260 g/mol. The fraction of sp³-hybridized carbons (Fsp3) is 0.111. The van der Waals surface area contributed by atoms with E-state index in [1.54, 1.807) is 18.2 Å². The zero-order valence-electron chi connectivity index (χ0n) is 11.8. The Kier molecular flexibility index (Phi) is 4.89. The van der Waals surface area contributed by atoms with Crippen LogP contribution in [0.25, 0.3) is 6.08 Å². The van der Waals surface area contributed by atoms with Crippen molar-refractivity contribution in [2.24, 2.45) is 0 Å². The number of carbonyl (C=O) groups excluding carboxylic acids is 1. The molecule has 3 nitrogen and oxygen atoms in total. The molecule has 2 aromatic rings. The summed E-state index contributed by atoms with van der Waals surface area (Å²) < 4.78 is 0. The Morgan fingerprint density at radius 1 is 1.14 bits per heavy atom. The summed E-state index contributed by atoms with van der Waals surface area (Å²) in [5.41, 5.74) is 2.34. The minimum atomic E-state index is -0.181. The molecule has 1 amide bonds. The van der Waals surface area contributed by atoms with Gasteiger partial charge in [0.25, 0.3) is 0 Å². The number of nitrogens with zero attached hydrogens (tertiary/aromatic N) is 1. The maximum absolute atomic E-state index is 11.9. The van der Waals surface area contributed by atoms with Gasteiger partial charge in [0.15, 0.2) is 0 Å². The van der Waals surface area contributed by atoms with Crippen LogP contribution in [0, 0.1) is 11.3 Å². The van der Waals surface area contributed by atoms with E-state index in [4.69, 9.17) is 5.26 Å². The Morgan fingerprint density at radius 2 is 1.81 bits per heavy atom. The van der Waals surface area contributed by atoms with Crippen molar-refractivity contribution in [1.82, 2.24) is 5.32 Å². The first-order valence-corrected chi connectivity index (χ1v) is 6.73. The summed E-state index contributed by atoms with van der Waals surface area (Å²) in [6.45, 7) is 1.93. The first-order valence-electron chi connectivity index (χ1n) is 6.73. The molecule has 0 saturated heterocycles. The molecular formula is C18H16N2O. The van der Waals surface area contributed by atoms with Crippen molar-refractivity contribution in [3.8, 4) is 6.07 Å². The van der Waals surface area contributed by atoms with E-state index in [1.807, 2.05) is 49.4 Å². The minimum absolute atomic E-state index is 0.0606. The predicted molar refractivity (Wildman–Crippen MR) is 83.2 cm³/mol. The first-order chi connectivity index (χ1) is 10.2. The molecule has 0 saturated carbocycles. The van der Waals surface area contributed by atoms with Crippen molar-refractivity contribution in [3.05, 3.63) is 77.4 Å². The molecule has 0 unspecified atom stereocenters. The lowest BCUT2D eigenvalue weighted by molar-refractivity contribution is -0.117. The molecule has 0 heterocycles. The van der Waals surface area contributed by atoms with Gasteiger partial charge in [0, 0.05) is 6.08 Å². The highest BCUT2D eigenvalue weighted by Crippen LogP contribution is 2.12. The van der Waals surface area contributed by atoms with Crippen LogP contribution in [0.5, 0.6) is 0 Å². The SMILES string of the molecule is C[C@@H](NC(=O)/C=C/c1ccccc1C#N)c1ccccc1. The fourth-order valence-electron chi connectivity index (χ4n) is 2.00. The maximum Gasteiger partial charge on any atom is 0.244 e. The van der Waals surface area contributed by atoms with Crippen LogP contribution in [-0.2, 0) is 4.79 Å². The van der Waals surface area contributed by atoms with Crippen LogP contribution in [0.4, 0.5) is 0 Å². The molecule has 0 fully saturated rings.